The number of aromatic nitrogens is 3. The van der Waals surface area contributed by atoms with E-state index in [2.05, 4.69) is 22.1 Å². The van der Waals surface area contributed by atoms with Crippen molar-refractivity contribution in [1.82, 2.24) is 15.2 Å². The van der Waals surface area contributed by atoms with E-state index in [1.807, 2.05) is 50.2 Å². The Morgan fingerprint density at radius 1 is 1.25 bits per heavy atom. The van der Waals surface area contributed by atoms with Crippen molar-refractivity contribution in [3.8, 4) is 5.75 Å². The second-order valence-electron chi connectivity index (χ2n) is 6.44. The van der Waals surface area contributed by atoms with Gasteiger partial charge in [-0.2, -0.15) is 0 Å². The Bertz CT molecular complexity index is 957. The zero-order valence-electron chi connectivity index (χ0n) is 16.0. The van der Waals surface area contributed by atoms with Crippen LogP contribution in [0.25, 0.3) is 0 Å². The Morgan fingerprint density at radius 3 is 2.68 bits per heavy atom. The van der Waals surface area contributed by atoms with E-state index in [0.29, 0.717) is 27.3 Å². The van der Waals surface area contributed by atoms with Crippen LogP contribution >= 0.6 is 23.4 Å². The van der Waals surface area contributed by atoms with Gasteiger partial charge in [0.15, 0.2) is 11.6 Å². The first-order valence-corrected chi connectivity index (χ1v) is 10.3. The van der Waals surface area contributed by atoms with Crippen molar-refractivity contribution in [2.75, 3.05) is 0 Å². The maximum Gasteiger partial charge on any atom is 0.209 e. The van der Waals surface area contributed by atoms with Gasteiger partial charge in [0.2, 0.25) is 5.16 Å². The van der Waals surface area contributed by atoms with E-state index in [4.69, 9.17) is 16.3 Å². The predicted molar refractivity (Wildman–Crippen MR) is 112 cm³/mol. The van der Waals surface area contributed by atoms with Gasteiger partial charge in [0.25, 0.3) is 0 Å². The standard InChI is InChI=1S/C21H22ClN3O2S/c1-4-15-5-7-16(8-6-15)20(26)14(3)28-21-23-19(24-25-21)12-27-17-9-10-18(22)13(2)11-17/h5-11,14H,4,12H2,1-3H3,(H,23,24,25)/t14-/m1/s1. The van der Waals surface area contributed by atoms with Crippen LogP contribution in [0.5, 0.6) is 5.75 Å². The molecule has 0 aliphatic carbocycles. The summed E-state index contributed by atoms with van der Waals surface area (Å²) in [5.41, 5.74) is 2.87. The van der Waals surface area contributed by atoms with Crippen molar-refractivity contribution in [3.63, 3.8) is 0 Å². The Labute approximate surface area is 173 Å². The SMILES string of the molecule is CCc1ccc(C(=O)[C@@H](C)Sc2n[nH]c(COc3ccc(Cl)c(C)c3)n2)cc1. The normalized spacial score (nSPS) is 12.0. The lowest BCUT2D eigenvalue weighted by Crippen LogP contribution is -2.13. The number of Topliss-reactive ketones (excluding diaryl/α,β-unsaturated/α-hetero) is 1. The van der Waals surface area contributed by atoms with Crippen molar-refractivity contribution in [1.29, 1.82) is 0 Å². The van der Waals surface area contributed by atoms with Crippen LogP contribution in [0.2, 0.25) is 5.02 Å². The number of aryl methyl sites for hydroxylation is 2. The number of carbonyl (C=O) groups excluding carboxylic acids is 1. The molecule has 1 heterocycles. The molecule has 3 rings (SSSR count). The lowest BCUT2D eigenvalue weighted by atomic mass is 10.1. The summed E-state index contributed by atoms with van der Waals surface area (Å²) in [6.07, 6.45) is 0.955. The third-order valence-corrected chi connectivity index (χ3v) is 5.70. The highest BCUT2D eigenvalue weighted by Gasteiger charge is 2.19. The topological polar surface area (TPSA) is 67.9 Å². The van der Waals surface area contributed by atoms with Crippen molar-refractivity contribution < 1.29 is 9.53 Å². The molecule has 0 saturated carbocycles. The molecule has 0 aliphatic heterocycles. The Hall–Kier alpha value is -2.31. The number of H-pyrrole nitrogens is 1. The molecule has 0 bridgehead atoms. The minimum atomic E-state index is -0.282. The number of aromatic amines is 1. The number of ether oxygens (including phenoxy) is 1. The van der Waals surface area contributed by atoms with E-state index in [1.165, 1.54) is 17.3 Å². The first-order valence-electron chi connectivity index (χ1n) is 9.06. The van der Waals surface area contributed by atoms with Gasteiger partial charge in [-0.3, -0.25) is 9.89 Å². The number of ketones is 1. The number of halogens is 1. The summed E-state index contributed by atoms with van der Waals surface area (Å²) in [5, 5.41) is 7.98. The quantitative estimate of drug-likeness (QED) is 0.401. The highest BCUT2D eigenvalue weighted by molar-refractivity contribution is 8.00. The Balaban J connectivity index is 1.57. The van der Waals surface area contributed by atoms with Gasteiger partial charge in [0.1, 0.15) is 12.4 Å². The van der Waals surface area contributed by atoms with Crippen LogP contribution in [0.3, 0.4) is 0 Å². The minimum Gasteiger partial charge on any atom is -0.486 e. The second kappa shape index (κ2) is 9.26. The van der Waals surface area contributed by atoms with Crippen molar-refractivity contribution in [2.45, 2.75) is 44.2 Å². The number of rotatable bonds is 8. The number of hydrogen-bond donors (Lipinski definition) is 1. The number of carbonyl (C=O) groups is 1. The molecule has 0 saturated heterocycles. The molecule has 0 spiro atoms. The van der Waals surface area contributed by atoms with Crippen molar-refractivity contribution in [2.24, 2.45) is 0 Å². The highest BCUT2D eigenvalue weighted by Crippen LogP contribution is 2.24. The molecule has 1 atom stereocenters. The maximum atomic E-state index is 12.6. The fourth-order valence-corrected chi connectivity index (χ4v) is 3.54. The van der Waals surface area contributed by atoms with Crippen LogP contribution in [0, 0.1) is 6.92 Å². The van der Waals surface area contributed by atoms with Gasteiger partial charge in [0.05, 0.1) is 5.25 Å². The lowest BCUT2D eigenvalue weighted by Gasteiger charge is -2.08. The van der Waals surface area contributed by atoms with Crippen LogP contribution in [0.4, 0.5) is 0 Å². The maximum absolute atomic E-state index is 12.6. The molecule has 3 aromatic rings. The van der Waals surface area contributed by atoms with E-state index in [1.54, 1.807) is 6.07 Å². The molecule has 1 N–H and O–H groups in total. The van der Waals surface area contributed by atoms with Crippen LogP contribution in [0.15, 0.2) is 47.6 Å². The monoisotopic (exact) mass is 415 g/mol. The van der Waals surface area contributed by atoms with E-state index in [9.17, 15) is 4.79 Å². The number of nitrogens with zero attached hydrogens (tertiary/aromatic N) is 2. The molecule has 2 aromatic carbocycles. The van der Waals surface area contributed by atoms with Gasteiger partial charge in [-0.1, -0.05) is 54.6 Å². The van der Waals surface area contributed by atoms with Crippen LogP contribution in [-0.2, 0) is 13.0 Å². The van der Waals surface area contributed by atoms with Crippen LogP contribution in [-0.4, -0.2) is 26.2 Å². The average Bonchev–Trinajstić information content (AvgIpc) is 3.15. The van der Waals surface area contributed by atoms with Gasteiger partial charge >= 0.3 is 0 Å². The first-order chi connectivity index (χ1) is 13.5. The summed E-state index contributed by atoms with van der Waals surface area (Å²) >= 11 is 7.35. The summed E-state index contributed by atoms with van der Waals surface area (Å²) in [6.45, 7) is 6.14. The van der Waals surface area contributed by atoms with Crippen molar-refractivity contribution >= 4 is 29.1 Å². The van der Waals surface area contributed by atoms with Gasteiger partial charge in [-0.25, -0.2) is 4.98 Å². The largest absolute Gasteiger partial charge is 0.486 e. The molecule has 0 radical (unpaired) electrons. The molecule has 146 valence electrons. The predicted octanol–water partition coefficient (Wildman–Crippen LogP) is 5.27. The van der Waals surface area contributed by atoms with Gasteiger partial charge < -0.3 is 4.74 Å². The molecular formula is C21H22ClN3O2S. The summed E-state index contributed by atoms with van der Waals surface area (Å²) in [4.78, 5) is 17.0. The zero-order chi connectivity index (χ0) is 20.1. The Kier molecular flexibility index (Phi) is 6.75. The Morgan fingerprint density at radius 2 is 2.00 bits per heavy atom. The third kappa shape index (κ3) is 5.14. The first kappa shape index (κ1) is 20.4. The summed E-state index contributed by atoms with van der Waals surface area (Å²) < 4.78 is 5.72. The van der Waals surface area contributed by atoms with Gasteiger partial charge in [-0.15, -0.1) is 5.10 Å². The van der Waals surface area contributed by atoms with E-state index >= 15 is 0 Å². The second-order valence-corrected chi connectivity index (χ2v) is 8.15. The molecule has 7 heteroatoms. The molecule has 5 nitrogen and oxygen atoms in total. The molecule has 0 aliphatic rings. The molecule has 28 heavy (non-hydrogen) atoms. The average molecular weight is 416 g/mol. The number of thioether (sulfide) groups is 1. The number of nitrogens with one attached hydrogen (secondary N) is 1. The zero-order valence-corrected chi connectivity index (χ0v) is 17.6. The number of hydrogen-bond acceptors (Lipinski definition) is 5. The molecule has 0 unspecified atom stereocenters. The summed E-state index contributed by atoms with van der Waals surface area (Å²) in [5.74, 6) is 1.38. The van der Waals surface area contributed by atoms with Crippen LogP contribution in [0.1, 0.15) is 41.2 Å². The van der Waals surface area contributed by atoms with Gasteiger partial charge in [0, 0.05) is 10.6 Å². The third-order valence-electron chi connectivity index (χ3n) is 4.31. The smallest absolute Gasteiger partial charge is 0.209 e. The van der Waals surface area contributed by atoms with E-state index in [-0.39, 0.29) is 17.6 Å². The fraction of sp³-hybridized carbons (Fsp3) is 0.286. The summed E-state index contributed by atoms with van der Waals surface area (Å²) in [6, 6.07) is 13.2. The fourth-order valence-electron chi connectivity index (χ4n) is 2.60. The summed E-state index contributed by atoms with van der Waals surface area (Å²) in [7, 11) is 0. The number of benzene rings is 2. The van der Waals surface area contributed by atoms with Crippen molar-refractivity contribution in [3.05, 3.63) is 70.0 Å². The van der Waals surface area contributed by atoms with E-state index in [0.717, 1.165) is 12.0 Å². The lowest BCUT2D eigenvalue weighted by molar-refractivity contribution is 0.0994. The molecule has 1 aromatic heterocycles. The highest BCUT2D eigenvalue weighted by atomic mass is 35.5. The molecule has 0 amide bonds. The van der Waals surface area contributed by atoms with Gasteiger partial charge in [-0.05, 0) is 49.6 Å². The molecule has 0 fully saturated rings. The van der Waals surface area contributed by atoms with E-state index < -0.39 is 0 Å². The van der Waals surface area contributed by atoms with Crippen LogP contribution < -0.4 is 4.74 Å². The minimum absolute atomic E-state index is 0.0619. The molecular weight excluding hydrogens is 394 g/mol.